The van der Waals surface area contributed by atoms with Crippen molar-refractivity contribution in [3.63, 3.8) is 0 Å². The molecule has 2 aromatic heterocycles. The molecular formula is C20H32N5O10P. The Balaban J connectivity index is 1.98. The Hall–Kier alpha value is -3.13. The zero-order valence-electron chi connectivity index (χ0n) is 20.7. The zero-order chi connectivity index (χ0) is 26.9. The summed E-state index contributed by atoms with van der Waals surface area (Å²) in [5, 5.41) is 4.14. The van der Waals surface area contributed by atoms with Gasteiger partial charge in [0.2, 0.25) is 19.5 Å². The molecule has 0 saturated carbocycles. The minimum Gasteiger partial charge on any atom is -0.432 e. The van der Waals surface area contributed by atoms with Gasteiger partial charge in [-0.25, -0.2) is 14.1 Å². The van der Waals surface area contributed by atoms with Crippen molar-refractivity contribution < 1.29 is 46.9 Å². The lowest BCUT2D eigenvalue weighted by atomic mass is 10.2. The van der Waals surface area contributed by atoms with E-state index in [0.29, 0.717) is 17.6 Å². The minimum absolute atomic E-state index is 0.00399. The van der Waals surface area contributed by atoms with Crippen LogP contribution in [0.5, 0.6) is 0 Å². The molecule has 0 aliphatic rings. The van der Waals surface area contributed by atoms with Gasteiger partial charge in [-0.2, -0.15) is 4.98 Å². The first kappa shape index (κ1) is 29.1. The van der Waals surface area contributed by atoms with Gasteiger partial charge in [0.25, 0.3) is 0 Å². The molecule has 2 aromatic rings. The molecule has 0 aromatic carbocycles. The van der Waals surface area contributed by atoms with Crippen LogP contribution >= 0.6 is 7.60 Å². The Morgan fingerprint density at radius 2 is 1.53 bits per heavy atom. The molecule has 0 aliphatic carbocycles. The number of carbonyl (C=O) groups excluding carboxylic acids is 2. The van der Waals surface area contributed by atoms with Crippen LogP contribution in [0.3, 0.4) is 0 Å². The number of hydrogen-bond acceptors (Lipinski definition) is 14. The number of carbonyl (C=O) groups is 2. The van der Waals surface area contributed by atoms with E-state index in [1.807, 2.05) is 0 Å². The number of aromatic nitrogens is 3. The van der Waals surface area contributed by atoms with E-state index < -0.39 is 58.2 Å². The average molecular weight is 533 g/mol. The number of anilines is 2. The van der Waals surface area contributed by atoms with Crippen LogP contribution in [0.2, 0.25) is 0 Å². The molecule has 2 heterocycles. The van der Waals surface area contributed by atoms with Gasteiger partial charge in [0.15, 0.2) is 5.82 Å². The fourth-order valence-corrected chi connectivity index (χ4v) is 3.78. The molecule has 0 amide bonds. The SMILES string of the molecule is CC(C)OC(=O)OCOP(=O)(CO[C@@H](C)Cc1ccc2c(N)nc(N)nn12)OCOC(=O)OC(C)C. The Kier molecular flexibility index (Phi) is 10.7. The molecule has 0 saturated heterocycles. The lowest BCUT2D eigenvalue weighted by Gasteiger charge is -2.21. The highest BCUT2D eigenvalue weighted by atomic mass is 31.2. The predicted molar refractivity (Wildman–Crippen MR) is 126 cm³/mol. The monoisotopic (exact) mass is 533 g/mol. The van der Waals surface area contributed by atoms with Gasteiger partial charge in [0.1, 0.15) is 11.9 Å². The van der Waals surface area contributed by atoms with Gasteiger partial charge in [0, 0.05) is 12.1 Å². The van der Waals surface area contributed by atoms with Crippen LogP contribution in [0, 0.1) is 0 Å². The van der Waals surface area contributed by atoms with Crippen molar-refractivity contribution in [1.29, 1.82) is 0 Å². The quantitative estimate of drug-likeness (QED) is 0.216. The number of fused-ring (bicyclic) bond motifs is 1. The first-order valence-corrected chi connectivity index (χ1v) is 12.7. The first-order valence-electron chi connectivity index (χ1n) is 10.9. The van der Waals surface area contributed by atoms with Crippen molar-refractivity contribution in [1.82, 2.24) is 14.6 Å². The largest absolute Gasteiger partial charge is 0.510 e. The van der Waals surface area contributed by atoms with Crippen LogP contribution in [-0.2, 0) is 43.7 Å². The summed E-state index contributed by atoms with van der Waals surface area (Å²) in [4.78, 5) is 27.0. The topological polar surface area (TPSA) is 198 Å². The van der Waals surface area contributed by atoms with E-state index >= 15 is 0 Å². The summed E-state index contributed by atoms with van der Waals surface area (Å²) in [5.74, 6) is 0.227. The molecule has 36 heavy (non-hydrogen) atoms. The maximum absolute atomic E-state index is 13.1. The lowest BCUT2D eigenvalue weighted by Crippen LogP contribution is -2.19. The van der Waals surface area contributed by atoms with E-state index in [0.717, 1.165) is 0 Å². The summed E-state index contributed by atoms with van der Waals surface area (Å²) in [6.07, 6.45) is -3.65. The van der Waals surface area contributed by atoms with Crippen molar-refractivity contribution in [2.45, 2.75) is 59.4 Å². The minimum atomic E-state index is -4.07. The highest BCUT2D eigenvalue weighted by molar-refractivity contribution is 7.53. The molecule has 0 radical (unpaired) electrons. The third kappa shape index (κ3) is 9.49. The summed E-state index contributed by atoms with van der Waals surface area (Å²) in [6, 6.07) is 3.50. The molecule has 0 unspecified atom stereocenters. The van der Waals surface area contributed by atoms with E-state index in [4.69, 9.17) is 44.2 Å². The van der Waals surface area contributed by atoms with Gasteiger partial charge in [-0.05, 0) is 46.8 Å². The summed E-state index contributed by atoms with van der Waals surface area (Å²) < 4.78 is 49.6. The fourth-order valence-electron chi connectivity index (χ4n) is 2.69. The number of nitrogen functional groups attached to an aromatic ring is 2. The van der Waals surface area contributed by atoms with Crippen LogP contribution in [0.1, 0.15) is 40.3 Å². The van der Waals surface area contributed by atoms with Crippen molar-refractivity contribution in [3.05, 3.63) is 17.8 Å². The van der Waals surface area contributed by atoms with Gasteiger partial charge in [-0.15, -0.1) is 5.10 Å². The van der Waals surface area contributed by atoms with Crippen molar-refractivity contribution in [2.24, 2.45) is 0 Å². The third-order valence-electron chi connectivity index (χ3n) is 4.16. The van der Waals surface area contributed by atoms with Gasteiger partial charge in [-0.1, -0.05) is 0 Å². The number of nitrogens with two attached hydrogens (primary N) is 2. The summed E-state index contributed by atoms with van der Waals surface area (Å²) in [6.45, 7) is 6.71. The standard InChI is InChI=1S/C20H32N5O10P/c1-12(2)34-19(26)29-9-32-36(28,33-10-30-20(27)35-13(3)4)11-31-14(5)8-15-6-7-16-17(21)23-18(22)24-25(15)16/h6-7,12-14H,8-11H2,1-5H3,(H4,21,22,23,24)/t14-/m0/s1. The molecule has 0 spiro atoms. The van der Waals surface area contributed by atoms with Gasteiger partial charge in [-0.3, -0.25) is 13.6 Å². The van der Waals surface area contributed by atoms with Crippen LogP contribution in [-0.4, -0.2) is 65.2 Å². The van der Waals surface area contributed by atoms with Crippen LogP contribution in [0.25, 0.3) is 5.52 Å². The van der Waals surface area contributed by atoms with Crippen molar-refractivity contribution in [3.8, 4) is 0 Å². The smallest absolute Gasteiger partial charge is 0.432 e. The van der Waals surface area contributed by atoms with Gasteiger partial charge < -0.3 is 35.2 Å². The van der Waals surface area contributed by atoms with Gasteiger partial charge in [0.05, 0.1) is 18.3 Å². The molecule has 15 nitrogen and oxygen atoms in total. The Bertz CT molecular complexity index is 1040. The highest BCUT2D eigenvalue weighted by Gasteiger charge is 2.29. The predicted octanol–water partition coefficient (Wildman–Crippen LogP) is 3.06. The van der Waals surface area contributed by atoms with Crippen molar-refractivity contribution in [2.75, 3.05) is 31.4 Å². The third-order valence-corrected chi connectivity index (χ3v) is 5.63. The fraction of sp³-hybridized carbons (Fsp3) is 0.600. The van der Waals surface area contributed by atoms with E-state index in [1.165, 1.54) is 4.52 Å². The molecule has 0 aliphatic heterocycles. The summed E-state index contributed by atoms with van der Waals surface area (Å²) in [7, 11) is -4.07. The van der Waals surface area contributed by atoms with E-state index in [2.05, 4.69) is 10.1 Å². The van der Waals surface area contributed by atoms with Crippen LogP contribution in [0.4, 0.5) is 21.4 Å². The molecular weight excluding hydrogens is 501 g/mol. The van der Waals surface area contributed by atoms with E-state index in [1.54, 1.807) is 46.8 Å². The Labute approximate surface area is 207 Å². The average Bonchev–Trinajstić information content (AvgIpc) is 3.14. The summed E-state index contributed by atoms with van der Waals surface area (Å²) >= 11 is 0. The maximum atomic E-state index is 13.1. The maximum Gasteiger partial charge on any atom is 0.510 e. The second-order valence-corrected chi connectivity index (χ2v) is 10.0. The molecule has 2 rings (SSSR count). The number of ether oxygens (including phenoxy) is 5. The number of rotatable bonds is 13. The molecule has 4 N–H and O–H groups in total. The Morgan fingerprint density at radius 3 is 2.06 bits per heavy atom. The van der Waals surface area contributed by atoms with Crippen molar-refractivity contribution >= 4 is 37.2 Å². The number of hydrogen-bond donors (Lipinski definition) is 2. The number of nitrogens with zero attached hydrogens (tertiary/aromatic N) is 3. The van der Waals surface area contributed by atoms with E-state index in [-0.39, 0.29) is 11.8 Å². The second kappa shape index (κ2) is 13.3. The molecule has 0 bridgehead atoms. The molecule has 1 atom stereocenters. The van der Waals surface area contributed by atoms with Crippen LogP contribution < -0.4 is 11.5 Å². The first-order chi connectivity index (χ1) is 16.9. The molecule has 16 heteroatoms. The Morgan fingerprint density at radius 1 is 0.972 bits per heavy atom. The normalized spacial score (nSPS) is 12.6. The zero-order valence-corrected chi connectivity index (χ0v) is 21.6. The van der Waals surface area contributed by atoms with Crippen LogP contribution in [0.15, 0.2) is 12.1 Å². The highest BCUT2D eigenvalue weighted by Crippen LogP contribution is 2.48. The second-order valence-electron chi connectivity index (χ2n) is 8.01. The summed E-state index contributed by atoms with van der Waals surface area (Å²) in [5.41, 5.74) is 12.8. The molecule has 0 fully saturated rings. The lowest BCUT2D eigenvalue weighted by molar-refractivity contribution is -0.0364. The van der Waals surface area contributed by atoms with Gasteiger partial charge >= 0.3 is 19.9 Å². The van der Waals surface area contributed by atoms with E-state index in [9.17, 15) is 14.2 Å². The molecule has 202 valence electrons.